The minimum atomic E-state index is -3.60. The van der Waals surface area contributed by atoms with Gasteiger partial charge in [-0.3, -0.25) is 9.69 Å². The fourth-order valence-electron chi connectivity index (χ4n) is 3.33. The summed E-state index contributed by atoms with van der Waals surface area (Å²) in [4.78, 5) is 12.6. The van der Waals surface area contributed by atoms with Crippen LogP contribution in [0.1, 0.15) is 31.7 Å². The summed E-state index contributed by atoms with van der Waals surface area (Å²) >= 11 is 0. The van der Waals surface area contributed by atoms with E-state index in [1.54, 1.807) is 12.1 Å². The molecule has 7 heteroatoms. The molecule has 0 spiro atoms. The minimum Gasteiger partial charge on any atom is -0.480 e. The van der Waals surface area contributed by atoms with Crippen LogP contribution in [0.2, 0.25) is 0 Å². The monoisotopic (exact) mass is 343 g/mol. The molecule has 1 aliphatic heterocycles. The standard InChI is InChI=1S/C16H22FNO4S/c1-16(2)14(12-3-5-13(17)6-4-12)7-8-18(16)9-10-23(21,22)11-15(19)20/h3-6,14H,7-11H2,1-2H3,(H,19,20). The highest BCUT2D eigenvalue weighted by Gasteiger charge is 2.42. The number of likely N-dealkylation sites (tertiary alicyclic amines) is 1. The number of carboxylic acids is 1. The van der Waals surface area contributed by atoms with Crippen LogP contribution < -0.4 is 0 Å². The quantitative estimate of drug-likeness (QED) is 0.854. The molecule has 23 heavy (non-hydrogen) atoms. The molecule has 0 amide bonds. The van der Waals surface area contributed by atoms with Crippen LogP contribution in [-0.2, 0) is 14.6 Å². The number of benzene rings is 1. The first-order valence-corrected chi connectivity index (χ1v) is 9.37. The maximum Gasteiger partial charge on any atom is 0.318 e. The van der Waals surface area contributed by atoms with Crippen molar-refractivity contribution in [3.8, 4) is 0 Å². The number of nitrogens with zero attached hydrogens (tertiary/aromatic N) is 1. The van der Waals surface area contributed by atoms with Crippen LogP contribution in [0.15, 0.2) is 24.3 Å². The summed E-state index contributed by atoms with van der Waals surface area (Å²) in [6.45, 7) is 5.12. The van der Waals surface area contributed by atoms with Gasteiger partial charge in [0.25, 0.3) is 0 Å². The first-order valence-electron chi connectivity index (χ1n) is 7.54. The van der Waals surface area contributed by atoms with Gasteiger partial charge >= 0.3 is 5.97 Å². The van der Waals surface area contributed by atoms with Gasteiger partial charge in [0.1, 0.15) is 11.6 Å². The van der Waals surface area contributed by atoms with Crippen molar-refractivity contribution in [1.82, 2.24) is 4.90 Å². The summed E-state index contributed by atoms with van der Waals surface area (Å²) in [5, 5.41) is 8.63. The van der Waals surface area contributed by atoms with E-state index in [0.29, 0.717) is 6.54 Å². The molecule has 1 aromatic rings. The Balaban J connectivity index is 2.06. The zero-order valence-electron chi connectivity index (χ0n) is 13.3. The van der Waals surface area contributed by atoms with Crippen molar-refractivity contribution in [3.05, 3.63) is 35.6 Å². The van der Waals surface area contributed by atoms with Crippen LogP contribution in [0.5, 0.6) is 0 Å². The van der Waals surface area contributed by atoms with Crippen LogP contribution in [-0.4, -0.2) is 54.5 Å². The van der Waals surface area contributed by atoms with Crippen LogP contribution in [0.3, 0.4) is 0 Å². The van der Waals surface area contributed by atoms with E-state index in [-0.39, 0.29) is 23.0 Å². The van der Waals surface area contributed by atoms with Crippen molar-refractivity contribution in [3.63, 3.8) is 0 Å². The third-order valence-corrected chi connectivity index (χ3v) is 6.13. The Bertz CT molecular complexity index is 670. The summed E-state index contributed by atoms with van der Waals surface area (Å²) in [6.07, 6.45) is 0.859. The lowest BCUT2D eigenvalue weighted by atomic mass is 9.83. The highest BCUT2D eigenvalue weighted by Crippen LogP contribution is 2.41. The SMILES string of the molecule is CC1(C)C(c2ccc(F)cc2)CCN1CCS(=O)(=O)CC(=O)O. The molecule has 1 N–H and O–H groups in total. The molecule has 0 aromatic heterocycles. The molecule has 0 bridgehead atoms. The molecule has 0 saturated carbocycles. The van der Waals surface area contributed by atoms with E-state index < -0.39 is 21.6 Å². The fourth-order valence-corrected chi connectivity index (χ4v) is 4.35. The summed E-state index contributed by atoms with van der Waals surface area (Å²) in [7, 11) is -3.60. The second-order valence-corrected chi connectivity index (χ2v) is 8.70. The number of rotatable bonds is 6. The zero-order chi connectivity index (χ0) is 17.3. The van der Waals surface area contributed by atoms with Gasteiger partial charge in [-0.1, -0.05) is 12.1 Å². The number of carbonyl (C=O) groups is 1. The normalized spacial score (nSPS) is 21.4. The Morgan fingerprint density at radius 1 is 1.35 bits per heavy atom. The molecule has 1 fully saturated rings. The summed E-state index contributed by atoms with van der Waals surface area (Å²) < 4.78 is 36.6. The smallest absolute Gasteiger partial charge is 0.318 e. The zero-order valence-corrected chi connectivity index (χ0v) is 14.1. The molecule has 2 rings (SSSR count). The Morgan fingerprint density at radius 2 is 1.96 bits per heavy atom. The van der Waals surface area contributed by atoms with E-state index in [4.69, 9.17) is 5.11 Å². The molecular weight excluding hydrogens is 321 g/mol. The molecular formula is C16H22FNO4S. The van der Waals surface area contributed by atoms with E-state index >= 15 is 0 Å². The van der Waals surface area contributed by atoms with Crippen LogP contribution in [0, 0.1) is 5.82 Å². The molecule has 1 aromatic carbocycles. The van der Waals surface area contributed by atoms with Gasteiger partial charge in [-0.15, -0.1) is 0 Å². The molecule has 0 aliphatic carbocycles. The second-order valence-electron chi connectivity index (χ2n) is 6.52. The van der Waals surface area contributed by atoms with Gasteiger partial charge in [-0.2, -0.15) is 0 Å². The van der Waals surface area contributed by atoms with Gasteiger partial charge in [-0.05, 0) is 44.5 Å². The molecule has 128 valence electrons. The molecule has 1 heterocycles. The summed E-state index contributed by atoms with van der Waals surface area (Å²) in [5.74, 6) is -2.41. The molecule has 1 unspecified atom stereocenters. The van der Waals surface area contributed by atoms with Gasteiger partial charge in [0.05, 0.1) is 5.75 Å². The van der Waals surface area contributed by atoms with E-state index in [1.165, 1.54) is 12.1 Å². The van der Waals surface area contributed by atoms with E-state index in [0.717, 1.165) is 18.5 Å². The lowest BCUT2D eigenvalue weighted by molar-refractivity contribution is -0.134. The topological polar surface area (TPSA) is 74.7 Å². The van der Waals surface area contributed by atoms with Crippen molar-refractivity contribution in [1.29, 1.82) is 0 Å². The molecule has 0 radical (unpaired) electrons. The highest BCUT2D eigenvalue weighted by atomic mass is 32.2. The molecule has 1 atom stereocenters. The van der Waals surface area contributed by atoms with E-state index in [2.05, 4.69) is 4.90 Å². The van der Waals surface area contributed by atoms with Crippen molar-refractivity contribution in [2.45, 2.75) is 31.7 Å². The lowest BCUT2D eigenvalue weighted by Crippen LogP contribution is -2.44. The maximum atomic E-state index is 13.1. The highest BCUT2D eigenvalue weighted by molar-refractivity contribution is 7.92. The first-order chi connectivity index (χ1) is 10.6. The fraction of sp³-hybridized carbons (Fsp3) is 0.562. The second kappa shape index (κ2) is 6.57. The van der Waals surface area contributed by atoms with E-state index in [1.807, 2.05) is 13.8 Å². The number of hydrogen-bond donors (Lipinski definition) is 1. The number of halogens is 1. The largest absolute Gasteiger partial charge is 0.480 e. The Hall–Kier alpha value is -1.47. The predicted octanol–water partition coefficient (Wildman–Crippen LogP) is 1.89. The average molecular weight is 343 g/mol. The first kappa shape index (κ1) is 17.9. The lowest BCUT2D eigenvalue weighted by Gasteiger charge is -2.36. The number of hydrogen-bond acceptors (Lipinski definition) is 4. The Morgan fingerprint density at radius 3 is 2.52 bits per heavy atom. The summed E-state index contributed by atoms with van der Waals surface area (Å²) in [5.41, 5.74) is 0.767. The van der Waals surface area contributed by atoms with Gasteiger partial charge in [-0.25, -0.2) is 12.8 Å². The van der Waals surface area contributed by atoms with Crippen LogP contribution in [0.25, 0.3) is 0 Å². The van der Waals surface area contributed by atoms with Gasteiger partial charge in [0, 0.05) is 18.0 Å². The van der Waals surface area contributed by atoms with Crippen LogP contribution in [0.4, 0.5) is 4.39 Å². The molecule has 1 saturated heterocycles. The van der Waals surface area contributed by atoms with Gasteiger partial charge in [0.15, 0.2) is 9.84 Å². The number of sulfone groups is 1. The number of carboxylic acid groups (broad SMARTS) is 1. The van der Waals surface area contributed by atoms with Crippen molar-refractivity contribution >= 4 is 15.8 Å². The third-order valence-electron chi connectivity index (χ3n) is 4.64. The van der Waals surface area contributed by atoms with Crippen LogP contribution >= 0.6 is 0 Å². The maximum absolute atomic E-state index is 13.1. The Labute approximate surface area is 136 Å². The van der Waals surface area contributed by atoms with E-state index in [9.17, 15) is 17.6 Å². The molecule has 5 nitrogen and oxygen atoms in total. The Kier molecular flexibility index (Phi) is 5.10. The van der Waals surface area contributed by atoms with Crippen molar-refractivity contribution < 1.29 is 22.7 Å². The third kappa shape index (κ3) is 4.29. The molecule has 1 aliphatic rings. The minimum absolute atomic E-state index is 0.168. The van der Waals surface area contributed by atoms with Crippen molar-refractivity contribution in [2.75, 3.05) is 24.6 Å². The average Bonchev–Trinajstić information content (AvgIpc) is 2.71. The van der Waals surface area contributed by atoms with Crippen molar-refractivity contribution in [2.24, 2.45) is 0 Å². The van der Waals surface area contributed by atoms with Gasteiger partial charge < -0.3 is 5.11 Å². The predicted molar refractivity (Wildman–Crippen MR) is 85.7 cm³/mol. The number of aliphatic carboxylic acids is 1. The van der Waals surface area contributed by atoms with Gasteiger partial charge in [0.2, 0.25) is 0 Å². The summed E-state index contributed by atoms with van der Waals surface area (Å²) in [6, 6.07) is 6.41.